The molecule has 3 aromatic rings. The third kappa shape index (κ3) is 2.85. The van der Waals surface area contributed by atoms with Crippen molar-refractivity contribution in [1.29, 1.82) is 0 Å². The number of nitrogens with zero attached hydrogens (tertiary/aromatic N) is 3. The lowest BCUT2D eigenvalue weighted by Crippen LogP contribution is -2.28. The van der Waals surface area contributed by atoms with Gasteiger partial charge in [-0.05, 0) is 37.3 Å². The third-order valence-corrected chi connectivity index (χ3v) is 3.49. The molecule has 0 saturated heterocycles. The van der Waals surface area contributed by atoms with Crippen LogP contribution < -0.4 is 10.1 Å². The molecule has 6 nitrogen and oxygen atoms in total. The summed E-state index contributed by atoms with van der Waals surface area (Å²) in [5.74, 6) is -0.284. The fourth-order valence-corrected chi connectivity index (χ4v) is 2.31. The Morgan fingerprint density at radius 3 is 2.87 bits per heavy atom. The Kier molecular flexibility index (Phi) is 3.92. The molecule has 0 radical (unpaired) electrons. The van der Waals surface area contributed by atoms with Crippen molar-refractivity contribution >= 4 is 11.6 Å². The third-order valence-electron chi connectivity index (χ3n) is 3.49. The number of benzene rings is 1. The predicted octanol–water partition coefficient (Wildman–Crippen LogP) is 2.37. The normalized spacial score (nSPS) is 12.1. The summed E-state index contributed by atoms with van der Waals surface area (Å²) >= 11 is 0. The molecule has 0 unspecified atom stereocenters. The molecular weight excluding hydrogens is 299 g/mol. The maximum atomic E-state index is 13.7. The Morgan fingerprint density at radius 1 is 1.30 bits per heavy atom. The average molecular weight is 314 g/mol. The van der Waals surface area contributed by atoms with Crippen LogP contribution in [0, 0.1) is 5.82 Å². The van der Waals surface area contributed by atoms with Gasteiger partial charge in [0.1, 0.15) is 0 Å². The summed E-state index contributed by atoms with van der Waals surface area (Å²) in [6.07, 6.45) is 1.82. The van der Waals surface area contributed by atoms with E-state index in [0.717, 1.165) is 6.07 Å². The lowest BCUT2D eigenvalue weighted by molar-refractivity contribution is 0.0937. The van der Waals surface area contributed by atoms with Crippen LogP contribution in [0.3, 0.4) is 0 Å². The van der Waals surface area contributed by atoms with Crippen LogP contribution in [-0.2, 0) is 0 Å². The summed E-state index contributed by atoms with van der Waals surface area (Å²) in [5, 5.41) is 10.9. The average Bonchev–Trinajstić information content (AvgIpc) is 2.98. The number of aromatic nitrogens is 3. The van der Waals surface area contributed by atoms with Crippen molar-refractivity contribution in [3.63, 3.8) is 0 Å². The highest BCUT2D eigenvalue weighted by atomic mass is 19.1. The van der Waals surface area contributed by atoms with Crippen LogP contribution in [0.15, 0.2) is 42.6 Å². The first-order chi connectivity index (χ1) is 11.1. The van der Waals surface area contributed by atoms with Crippen molar-refractivity contribution in [1.82, 2.24) is 19.9 Å². The summed E-state index contributed by atoms with van der Waals surface area (Å²) in [6, 6.07) is 9.22. The van der Waals surface area contributed by atoms with Gasteiger partial charge < -0.3 is 10.1 Å². The maximum Gasteiger partial charge on any atom is 0.251 e. The van der Waals surface area contributed by atoms with E-state index in [1.807, 2.05) is 24.4 Å². The van der Waals surface area contributed by atoms with Gasteiger partial charge in [-0.15, -0.1) is 10.2 Å². The molecule has 3 rings (SSSR count). The molecule has 1 N–H and O–H groups in total. The van der Waals surface area contributed by atoms with Crippen LogP contribution in [0.25, 0.3) is 5.65 Å². The summed E-state index contributed by atoms with van der Waals surface area (Å²) in [4.78, 5) is 12.3. The van der Waals surface area contributed by atoms with E-state index in [9.17, 15) is 9.18 Å². The summed E-state index contributed by atoms with van der Waals surface area (Å²) in [5.41, 5.74) is 0.906. The van der Waals surface area contributed by atoms with E-state index in [2.05, 4.69) is 15.5 Å². The lowest BCUT2D eigenvalue weighted by Gasteiger charge is -2.13. The van der Waals surface area contributed by atoms with Crippen molar-refractivity contribution in [2.24, 2.45) is 0 Å². The smallest absolute Gasteiger partial charge is 0.251 e. The first-order valence-corrected chi connectivity index (χ1v) is 7.04. The number of fused-ring (bicyclic) bond motifs is 1. The van der Waals surface area contributed by atoms with Gasteiger partial charge in [0, 0.05) is 11.8 Å². The van der Waals surface area contributed by atoms with Gasteiger partial charge in [-0.2, -0.15) is 0 Å². The largest absolute Gasteiger partial charge is 0.494 e. The second-order valence-electron chi connectivity index (χ2n) is 5.03. The van der Waals surface area contributed by atoms with Gasteiger partial charge in [-0.1, -0.05) is 6.07 Å². The minimum atomic E-state index is -0.583. The molecule has 0 aliphatic carbocycles. The summed E-state index contributed by atoms with van der Waals surface area (Å²) in [6.45, 7) is 1.79. The molecular formula is C16H15FN4O2. The van der Waals surface area contributed by atoms with Gasteiger partial charge in [0.2, 0.25) is 0 Å². The Morgan fingerprint density at radius 2 is 2.13 bits per heavy atom. The zero-order valence-corrected chi connectivity index (χ0v) is 12.7. The van der Waals surface area contributed by atoms with Crippen molar-refractivity contribution in [2.75, 3.05) is 7.11 Å². The Bertz CT molecular complexity index is 862. The second-order valence-corrected chi connectivity index (χ2v) is 5.03. The van der Waals surface area contributed by atoms with E-state index >= 15 is 0 Å². The molecule has 0 bridgehead atoms. The molecule has 1 amide bonds. The number of rotatable bonds is 4. The van der Waals surface area contributed by atoms with E-state index in [-0.39, 0.29) is 17.4 Å². The number of halogens is 1. The van der Waals surface area contributed by atoms with Gasteiger partial charge in [0.05, 0.1) is 13.2 Å². The molecule has 0 saturated carbocycles. The summed E-state index contributed by atoms with van der Waals surface area (Å²) < 4.78 is 20.3. The van der Waals surface area contributed by atoms with Crippen molar-refractivity contribution in [3.8, 4) is 5.75 Å². The van der Waals surface area contributed by atoms with E-state index in [1.165, 1.54) is 19.2 Å². The molecule has 0 aliphatic heterocycles. The number of carbonyl (C=O) groups excluding carboxylic acids is 1. The fraction of sp³-hybridized carbons (Fsp3) is 0.188. The van der Waals surface area contributed by atoms with E-state index < -0.39 is 11.7 Å². The van der Waals surface area contributed by atoms with Crippen molar-refractivity contribution in [3.05, 3.63) is 59.8 Å². The molecule has 0 spiro atoms. The number of hydrogen-bond acceptors (Lipinski definition) is 4. The molecule has 1 aromatic carbocycles. The maximum absolute atomic E-state index is 13.7. The van der Waals surface area contributed by atoms with Gasteiger partial charge in [-0.25, -0.2) is 4.39 Å². The number of nitrogens with one attached hydrogen (secondary N) is 1. The van der Waals surface area contributed by atoms with E-state index in [0.29, 0.717) is 11.5 Å². The Balaban J connectivity index is 1.81. The minimum Gasteiger partial charge on any atom is -0.494 e. The topological polar surface area (TPSA) is 68.5 Å². The highest BCUT2D eigenvalue weighted by molar-refractivity contribution is 5.94. The lowest BCUT2D eigenvalue weighted by atomic mass is 10.2. The Labute approximate surface area is 131 Å². The number of methoxy groups -OCH3 is 1. The zero-order chi connectivity index (χ0) is 16.4. The monoisotopic (exact) mass is 314 g/mol. The van der Waals surface area contributed by atoms with Crippen molar-refractivity contribution in [2.45, 2.75) is 13.0 Å². The number of hydrogen-bond donors (Lipinski definition) is 1. The van der Waals surface area contributed by atoms with E-state index in [1.54, 1.807) is 11.3 Å². The number of carbonyl (C=O) groups is 1. The minimum absolute atomic E-state index is 0.0954. The molecule has 23 heavy (non-hydrogen) atoms. The van der Waals surface area contributed by atoms with Crippen LogP contribution in [0.1, 0.15) is 29.1 Å². The molecule has 1 atom stereocenters. The highest BCUT2D eigenvalue weighted by Gasteiger charge is 2.17. The SMILES string of the molecule is COc1ccc(C(=O)N[C@H](C)c2nnc3ccccn23)cc1F. The molecule has 118 valence electrons. The van der Waals surface area contributed by atoms with Gasteiger partial charge >= 0.3 is 0 Å². The van der Waals surface area contributed by atoms with Crippen LogP contribution in [0.5, 0.6) is 5.75 Å². The molecule has 2 aromatic heterocycles. The Hall–Kier alpha value is -2.96. The van der Waals surface area contributed by atoms with Crippen LogP contribution in [0.4, 0.5) is 4.39 Å². The fourth-order valence-electron chi connectivity index (χ4n) is 2.31. The number of pyridine rings is 1. The van der Waals surface area contributed by atoms with Crippen molar-refractivity contribution < 1.29 is 13.9 Å². The predicted molar refractivity (Wildman–Crippen MR) is 81.8 cm³/mol. The van der Waals surface area contributed by atoms with Gasteiger partial charge in [0.25, 0.3) is 5.91 Å². The van der Waals surface area contributed by atoms with E-state index in [4.69, 9.17) is 4.74 Å². The van der Waals surface area contributed by atoms with Crippen LogP contribution in [-0.4, -0.2) is 27.6 Å². The van der Waals surface area contributed by atoms with Crippen LogP contribution >= 0.6 is 0 Å². The molecule has 7 heteroatoms. The quantitative estimate of drug-likeness (QED) is 0.803. The highest BCUT2D eigenvalue weighted by Crippen LogP contribution is 2.18. The zero-order valence-electron chi connectivity index (χ0n) is 12.7. The van der Waals surface area contributed by atoms with Gasteiger partial charge in [0.15, 0.2) is 23.0 Å². The molecule has 2 heterocycles. The van der Waals surface area contributed by atoms with Crippen LogP contribution in [0.2, 0.25) is 0 Å². The standard InChI is InChI=1S/C16H15FN4O2/c1-10(15-20-19-14-5-3-4-8-21(14)15)18-16(22)11-6-7-13(23-2)12(17)9-11/h3-10H,1-2H3,(H,18,22)/t10-/m1/s1. The molecule has 0 fully saturated rings. The first kappa shape index (κ1) is 15.0. The summed E-state index contributed by atoms with van der Waals surface area (Å²) in [7, 11) is 1.37. The van der Waals surface area contributed by atoms with Gasteiger partial charge in [-0.3, -0.25) is 9.20 Å². The second kappa shape index (κ2) is 6.04. The number of amides is 1. The number of ether oxygens (including phenoxy) is 1. The molecule has 0 aliphatic rings. The first-order valence-electron chi connectivity index (χ1n) is 7.04.